The van der Waals surface area contributed by atoms with Crippen molar-refractivity contribution in [1.29, 1.82) is 0 Å². The molecule has 0 unspecified atom stereocenters. The number of hydrogen-bond acceptors (Lipinski definition) is 3. The zero-order valence-electron chi connectivity index (χ0n) is 19.1. The molecule has 3 aromatic carbocycles. The molecular formula is C27H27Cl2N3O2. The first-order valence-electron chi connectivity index (χ1n) is 11.3. The highest BCUT2D eigenvalue weighted by Crippen LogP contribution is 2.22. The molecule has 0 fully saturated rings. The van der Waals surface area contributed by atoms with Crippen LogP contribution in [0.5, 0.6) is 5.75 Å². The SMILES string of the molecule is Cc1cc(OCCn2c(CCCNC(=O)Cc3ccc(Cl)cc3)nc3ccccc32)ccc1Cl. The summed E-state index contributed by atoms with van der Waals surface area (Å²) in [5.74, 6) is 1.79. The molecule has 4 rings (SSSR count). The Hall–Kier alpha value is -3.02. The van der Waals surface area contributed by atoms with Gasteiger partial charge in [0.15, 0.2) is 0 Å². The average molecular weight is 496 g/mol. The third-order valence-corrected chi connectivity index (χ3v) is 6.30. The number of carbonyl (C=O) groups excluding carboxylic acids is 1. The lowest BCUT2D eigenvalue weighted by Gasteiger charge is -2.12. The molecule has 1 aromatic heterocycles. The van der Waals surface area contributed by atoms with E-state index < -0.39 is 0 Å². The Kier molecular flexibility index (Phi) is 8.09. The molecule has 0 radical (unpaired) electrons. The number of ether oxygens (including phenoxy) is 1. The summed E-state index contributed by atoms with van der Waals surface area (Å²) in [4.78, 5) is 17.1. The third kappa shape index (κ3) is 6.31. The second-order valence-electron chi connectivity index (χ2n) is 8.18. The third-order valence-electron chi connectivity index (χ3n) is 5.62. The Labute approximate surface area is 209 Å². The van der Waals surface area contributed by atoms with E-state index in [0.717, 1.165) is 51.6 Å². The quantitative estimate of drug-likeness (QED) is 0.273. The fourth-order valence-corrected chi connectivity index (χ4v) is 4.10. The summed E-state index contributed by atoms with van der Waals surface area (Å²) in [6.07, 6.45) is 1.90. The first-order valence-corrected chi connectivity index (χ1v) is 12.1. The van der Waals surface area contributed by atoms with Crippen molar-refractivity contribution >= 4 is 40.1 Å². The van der Waals surface area contributed by atoms with Crippen LogP contribution in [0.25, 0.3) is 11.0 Å². The van der Waals surface area contributed by atoms with E-state index >= 15 is 0 Å². The molecule has 34 heavy (non-hydrogen) atoms. The van der Waals surface area contributed by atoms with Gasteiger partial charge in [-0.15, -0.1) is 0 Å². The molecule has 0 spiro atoms. The molecule has 1 N–H and O–H groups in total. The van der Waals surface area contributed by atoms with Gasteiger partial charge in [0.2, 0.25) is 5.91 Å². The predicted molar refractivity (Wildman–Crippen MR) is 138 cm³/mol. The van der Waals surface area contributed by atoms with Crippen LogP contribution in [-0.4, -0.2) is 28.6 Å². The summed E-state index contributed by atoms with van der Waals surface area (Å²) >= 11 is 12.0. The topological polar surface area (TPSA) is 56.1 Å². The van der Waals surface area contributed by atoms with Crippen molar-refractivity contribution in [2.75, 3.05) is 13.2 Å². The molecule has 176 valence electrons. The van der Waals surface area contributed by atoms with E-state index in [2.05, 4.69) is 16.0 Å². The number of carbonyl (C=O) groups is 1. The molecule has 0 bridgehead atoms. The fraction of sp³-hybridized carbons (Fsp3) is 0.259. The Morgan fingerprint density at radius 3 is 2.65 bits per heavy atom. The number of imidazole rings is 1. The molecule has 0 aliphatic carbocycles. The van der Waals surface area contributed by atoms with Crippen molar-refractivity contribution in [1.82, 2.24) is 14.9 Å². The van der Waals surface area contributed by atoms with Gasteiger partial charge in [0.25, 0.3) is 0 Å². The Bertz CT molecular complexity index is 1270. The molecule has 4 aromatic rings. The number of fused-ring (bicyclic) bond motifs is 1. The molecule has 1 heterocycles. The summed E-state index contributed by atoms with van der Waals surface area (Å²) in [6.45, 7) is 3.76. The van der Waals surface area contributed by atoms with Crippen molar-refractivity contribution < 1.29 is 9.53 Å². The maximum absolute atomic E-state index is 12.2. The number of hydrogen-bond donors (Lipinski definition) is 1. The number of nitrogens with one attached hydrogen (secondary N) is 1. The summed E-state index contributed by atoms with van der Waals surface area (Å²) in [5, 5.41) is 4.40. The Morgan fingerprint density at radius 2 is 1.85 bits per heavy atom. The largest absolute Gasteiger partial charge is 0.492 e. The van der Waals surface area contributed by atoms with Crippen LogP contribution < -0.4 is 10.1 Å². The van der Waals surface area contributed by atoms with Gasteiger partial charge < -0.3 is 14.6 Å². The van der Waals surface area contributed by atoms with Crippen molar-refractivity contribution in [2.45, 2.75) is 32.7 Å². The van der Waals surface area contributed by atoms with E-state index in [1.54, 1.807) is 12.1 Å². The van der Waals surface area contributed by atoms with Crippen LogP contribution in [0.15, 0.2) is 66.7 Å². The maximum atomic E-state index is 12.2. The van der Waals surface area contributed by atoms with Gasteiger partial charge in [-0.05, 0) is 66.9 Å². The number of aryl methyl sites for hydroxylation is 2. The van der Waals surface area contributed by atoms with E-state index in [4.69, 9.17) is 32.9 Å². The molecule has 0 aliphatic rings. The first kappa shape index (κ1) is 24.1. The van der Waals surface area contributed by atoms with Crippen LogP contribution >= 0.6 is 23.2 Å². The number of benzene rings is 3. The van der Waals surface area contributed by atoms with Crippen molar-refractivity contribution in [3.63, 3.8) is 0 Å². The second kappa shape index (κ2) is 11.4. The summed E-state index contributed by atoms with van der Waals surface area (Å²) in [5.41, 5.74) is 3.98. The van der Waals surface area contributed by atoms with E-state index in [9.17, 15) is 4.79 Å². The van der Waals surface area contributed by atoms with Gasteiger partial charge in [0, 0.05) is 23.0 Å². The highest BCUT2D eigenvalue weighted by atomic mass is 35.5. The monoisotopic (exact) mass is 495 g/mol. The maximum Gasteiger partial charge on any atom is 0.224 e. The van der Waals surface area contributed by atoms with Gasteiger partial charge >= 0.3 is 0 Å². The molecule has 0 saturated heterocycles. The van der Waals surface area contributed by atoms with Gasteiger partial charge in [0.1, 0.15) is 18.2 Å². The lowest BCUT2D eigenvalue weighted by molar-refractivity contribution is -0.120. The molecule has 0 saturated carbocycles. The van der Waals surface area contributed by atoms with Crippen LogP contribution in [0.2, 0.25) is 10.0 Å². The summed E-state index contributed by atoms with van der Waals surface area (Å²) in [6, 6.07) is 21.1. The summed E-state index contributed by atoms with van der Waals surface area (Å²) in [7, 11) is 0. The minimum Gasteiger partial charge on any atom is -0.492 e. The van der Waals surface area contributed by atoms with Gasteiger partial charge in [-0.2, -0.15) is 0 Å². The Morgan fingerprint density at radius 1 is 1.06 bits per heavy atom. The number of aromatic nitrogens is 2. The standard InChI is InChI=1S/C27H27Cl2N3O2/c1-19-17-22(12-13-23(19)29)34-16-15-32-25-6-3-2-5-24(25)31-26(32)7-4-14-30-27(33)18-20-8-10-21(28)11-9-20/h2-3,5-6,8-13,17H,4,7,14-16,18H2,1H3,(H,30,33). The normalized spacial score (nSPS) is 11.0. The molecular weight excluding hydrogens is 469 g/mol. The fourth-order valence-electron chi connectivity index (χ4n) is 3.85. The van der Waals surface area contributed by atoms with Gasteiger partial charge in [-0.3, -0.25) is 4.79 Å². The molecule has 7 heteroatoms. The van der Waals surface area contributed by atoms with Crippen LogP contribution in [-0.2, 0) is 24.2 Å². The van der Waals surface area contributed by atoms with Crippen LogP contribution in [0.3, 0.4) is 0 Å². The van der Waals surface area contributed by atoms with Crippen LogP contribution in [0.4, 0.5) is 0 Å². The van der Waals surface area contributed by atoms with E-state index in [0.29, 0.717) is 31.1 Å². The highest BCUT2D eigenvalue weighted by molar-refractivity contribution is 6.31. The number of amides is 1. The van der Waals surface area contributed by atoms with Crippen molar-refractivity contribution in [3.05, 3.63) is 93.7 Å². The summed E-state index contributed by atoms with van der Waals surface area (Å²) < 4.78 is 8.17. The van der Waals surface area contributed by atoms with Gasteiger partial charge in [0.05, 0.1) is 24.0 Å². The lowest BCUT2D eigenvalue weighted by Crippen LogP contribution is -2.26. The van der Waals surface area contributed by atoms with E-state index in [1.165, 1.54) is 0 Å². The lowest BCUT2D eigenvalue weighted by atomic mass is 10.1. The number of nitrogens with zero attached hydrogens (tertiary/aromatic N) is 2. The number of para-hydroxylation sites is 2. The zero-order valence-corrected chi connectivity index (χ0v) is 20.6. The van der Waals surface area contributed by atoms with Crippen LogP contribution in [0, 0.1) is 6.92 Å². The van der Waals surface area contributed by atoms with Crippen LogP contribution in [0.1, 0.15) is 23.4 Å². The molecule has 0 atom stereocenters. The predicted octanol–water partition coefficient (Wildman–Crippen LogP) is 6.02. The van der Waals surface area contributed by atoms with Gasteiger partial charge in [-0.25, -0.2) is 4.98 Å². The molecule has 0 aliphatic heterocycles. The molecule has 5 nitrogen and oxygen atoms in total. The van der Waals surface area contributed by atoms with E-state index in [-0.39, 0.29) is 5.91 Å². The average Bonchev–Trinajstić information content (AvgIpc) is 3.18. The number of rotatable bonds is 10. The number of halogens is 2. The smallest absolute Gasteiger partial charge is 0.224 e. The highest BCUT2D eigenvalue weighted by Gasteiger charge is 2.11. The van der Waals surface area contributed by atoms with Crippen molar-refractivity contribution in [2.24, 2.45) is 0 Å². The minimum atomic E-state index is 0.00230. The second-order valence-corrected chi connectivity index (χ2v) is 9.03. The van der Waals surface area contributed by atoms with Crippen molar-refractivity contribution in [3.8, 4) is 5.75 Å². The zero-order chi connectivity index (χ0) is 23.9. The first-order chi connectivity index (χ1) is 16.5. The minimum absolute atomic E-state index is 0.00230. The van der Waals surface area contributed by atoms with Gasteiger partial charge in [-0.1, -0.05) is 47.5 Å². The van der Waals surface area contributed by atoms with E-state index in [1.807, 2.05) is 55.5 Å². The Balaban J connectivity index is 1.32. The molecule has 1 amide bonds.